The molecule has 1 aromatic carbocycles. The van der Waals surface area contributed by atoms with E-state index in [0.29, 0.717) is 6.42 Å². The van der Waals surface area contributed by atoms with Gasteiger partial charge in [0.2, 0.25) is 0 Å². The van der Waals surface area contributed by atoms with Gasteiger partial charge in [-0.2, -0.15) is 12.6 Å². The van der Waals surface area contributed by atoms with Gasteiger partial charge in [0.05, 0.1) is 17.4 Å². The van der Waals surface area contributed by atoms with Crippen LogP contribution in [0.3, 0.4) is 0 Å². The first kappa shape index (κ1) is 19.8. The molecule has 3 unspecified atom stereocenters. The van der Waals surface area contributed by atoms with Crippen LogP contribution in [0, 0.1) is 6.92 Å². The van der Waals surface area contributed by atoms with E-state index >= 15 is 0 Å². The summed E-state index contributed by atoms with van der Waals surface area (Å²) in [6, 6.07) is 7.47. The molecule has 1 rings (SSSR count). The summed E-state index contributed by atoms with van der Waals surface area (Å²) in [7, 11) is 0. The van der Waals surface area contributed by atoms with Crippen LogP contribution in [0.2, 0.25) is 0 Å². The summed E-state index contributed by atoms with van der Waals surface area (Å²) in [6.07, 6.45) is 0.183. The Labute approximate surface area is 145 Å². The lowest BCUT2D eigenvalue weighted by Gasteiger charge is -2.29. The molecule has 0 spiro atoms. The number of hydrogen-bond acceptors (Lipinski definition) is 4. The first-order chi connectivity index (χ1) is 10.6. The summed E-state index contributed by atoms with van der Waals surface area (Å²) >= 11 is 4.56. The van der Waals surface area contributed by atoms with Crippen LogP contribution in [0.25, 0.3) is 0 Å². The van der Waals surface area contributed by atoms with Gasteiger partial charge >= 0.3 is 6.09 Å². The molecule has 0 saturated carbocycles. The predicted octanol–water partition coefficient (Wildman–Crippen LogP) is 4.02. The van der Waals surface area contributed by atoms with E-state index in [1.165, 1.54) is 0 Å². The summed E-state index contributed by atoms with van der Waals surface area (Å²) in [5.41, 5.74) is 1.48. The fraction of sp³-hybridized carbons (Fsp3) is 0.611. The number of carbonyl (C=O) groups excluding carboxylic acids is 1. The smallest absolute Gasteiger partial charge is 0.407 e. The molecular formula is C18H29NO3S. The zero-order chi connectivity index (χ0) is 17.6. The maximum atomic E-state index is 12.0. The Kier molecular flexibility index (Phi) is 7.42. The van der Waals surface area contributed by atoms with Gasteiger partial charge in [-0.15, -0.1) is 0 Å². The van der Waals surface area contributed by atoms with E-state index in [2.05, 4.69) is 17.9 Å². The number of rotatable bonds is 6. The number of nitrogens with one attached hydrogen (secondary N) is 1. The Morgan fingerprint density at radius 1 is 1.39 bits per heavy atom. The molecule has 0 bridgehead atoms. The minimum absolute atomic E-state index is 0.374. The molecule has 5 heteroatoms. The number of alkyl carbamates (subject to hydrolysis) is 1. The molecule has 130 valence electrons. The van der Waals surface area contributed by atoms with Gasteiger partial charge in [-0.3, -0.25) is 0 Å². The van der Waals surface area contributed by atoms with Gasteiger partial charge in [0.15, 0.2) is 0 Å². The van der Waals surface area contributed by atoms with Crippen LogP contribution >= 0.6 is 12.6 Å². The summed E-state index contributed by atoms with van der Waals surface area (Å²) in [5.74, 6) is 0. The van der Waals surface area contributed by atoms with Crippen LogP contribution in [0.15, 0.2) is 24.3 Å². The van der Waals surface area contributed by atoms with Gasteiger partial charge in [-0.1, -0.05) is 43.2 Å². The van der Waals surface area contributed by atoms with Crippen LogP contribution in [-0.2, 0) is 4.74 Å². The summed E-state index contributed by atoms with van der Waals surface area (Å²) in [6.45, 7) is 9.44. The normalized spacial score (nSPS) is 15.6. The number of thiol groups is 1. The van der Waals surface area contributed by atoms with Crippen LogP contribution in [0.5, 0.6) is 0 Å². The second-order valence-electron chi connectivity index (χ2n) is 6.89. The number of aliphatic hydroxyl groups is 1. The molecule has 2 N–H and O–H groups in total. The third-order valence-electron chi connectivity index (χ3n) is 3.42. The topological polar surface area (TPSA) is 58.6 Å². The molecule has 23 heavy (non-hydrogen) atoms. The van der Waals surface area contributed by atoms with Crippen molar-refractivity contribution in [1.82, 2.24) is 5.32 Å². The molecule has 1 aromatic rings. The van der Waals surface area contributed by atoms with E-state index in [-0.39, 0.29) is 5.25 Å². The van der Waals surface area contributed by atoms with Crippen molar-refractivity contribution in [3.05, 3.63) is 35.4 Å². The predicted molar refractivity (Wildman–Crippen MR) is 97.0 cm³/mol. The molecule has 0 aromatic heterocycles. The van der Waals surface area contributed by atoms with Crippen molar-refractivity contribution in [3.8, 4) is 0 Å². The number of amides is 1. The number of ether oxygens (including phenoxy) is 1. The third-order valence-corrected chi connectivity index (χ3v) is 4.02. The van der Waals surface area contributed by atoms with E-state index < -0.39 is 23.8 Å². The van der Waals surface area contributed by atoms with Crippen molar-refractivity contribution in [3.63, 3.8) is 0 Å². The van der Waals surface area contributed by atoms with Crippen molar-refractivity contribution >= 4 is 18.7 Å². The van der Waals surface area contributed by atoms with E-state index in [1.807, 2.05) is 58.9 Å². The molecule has 0 aliphatic carbocycles. The van der Waals surface area contributed by atoms with Crippen LogP contribution in [0.4, 0.5) is 4.79 Å². The number of benzene rings is 1. The fourth-order valence-corrected chi connectivity index (χ4v) is 2.74. The summed E-state index contributed by atoms with van der Waals surface area (Å²) in [4.78, 5) is 12.0. The third kappa shape index (κ3) is 6.83. The maximum absolute atomic E-state index is 12.0. The van der Waals surface area contributed by atoms with Crippen molar-refractivity contribution in [2.75, 3.05) is 0 Å². The monoisotopic (exact) mass is 339 g/mol. The fourth-order valence-electron chi connectivity index (χ4n) is 2.37. The van der Waals surface area contributed by atoms with Crippen LogP contribution in [-0.4, -0.2) is 28.9 Å². The SMILES string of the molecule is CCCC(NC(=O)OC(C)(C)C)C(O)C(S)c1cccc(C)c1. The highest BCUT2D eigenvalue weighted by Crippen LogP contribution is 2.27. The highest BCUT2D eigenvalue weighted by molar-refractivity contribution is 7.80. The van der Waals surface area contributed by atoms with Gasteiger partial charge < -0.3 is 15.2 Å². The average Bonchev–Trinajstić information content (AvgIpc) is 2.43. The lowest BCUT2D eigenvalue weighted by molar-refractivity contribution is 0.0412. The lowest BCUT2D eigenvalue weighted by Crippen LogP contribution is -2.46. The van der Waals surface area contributed by atoms with E-state index in [4.69, 9.17) is 4.74 Å². The Bertz CT molecular complexity index is 513. The van der Waals surface area contributed by atoms with Crippen LogP contribution < -0.4 is 5.32 Å². The zero-order valence-corrected chi connectivity index (χ0v) is 15.6. The molecule has 0 radical (unpaired) electrons. The summed E-state index contributed by atoms with van der Waals surface area (Å²) in [5, 5.41) is 13.1. The zero-order valence-electron chi connectivity index (χ0n) is 14.7. The number of carbonyl (C=O) groups is 1. The molecule has 0 saturated heterocycles. The number of hydrogen-bond donors (Lipinski definition) is 3. The first-order valence-electron chi connectivity index (χ1n) is 8.06. The highest BCUT2D eigenvalue weighted by Gasteiger charge is 2.29. The second kappa shape index (κ2) is 8.60. The standard InChI is InChI=1S/C18H29NO3S/c1-6-8-14(19-17(21)22-18(3,4)5)15(20)16(23)13-10-7-9-12(2)11-13/h7,9-11,14-16,20,23H,6,8H2,1-5H3,(H,19,21). The summed E-state index contributed by atoms with van der Waals surface area (Å²) < 4.78 is 5.28. The van der Waals surface area contributed by atoms with Gasteiger partial charge in [0.25, 0.3) is 0 Å². The van der Waals surface area contributed by atoms with E-state index in [1.54, 1.807) is 0 Å². The van der Waals surface area contributed by atoms with Crippen LogP contribution in [0.1, 0.15) is 56.9 Å². The van der Waals surface area contributed by atoms with Crippen molar-refractivity contribution in [2.24, 2.45) is 0 Å². The minimum Gasteiger partial charge on any atom is -0.444 e. The molecule has 0 aliphatic heterocycles. The van der Waals surface area contributed by atoms with E-state index in [9.17, 15) is 9.90 Å². The van der Waals surface area contributed by atoms with Gasteiger partial charge in [0.1, 0.15) is 5.60 Å². The molecule has 0 aliphatic rings. The Morgan fingerprint density at radius 3 is 2.57 bits per heavy atom. The van der Waals surface area contributed by atoms with E-state index in [0.717, 1.165) is 17.5 Å². The van der Waals surface area contributed by atoms with Crippen molar-refractivity contribution in [2.45, 2.75) is 70.5 Å². The number of aryl methyl sites for hydroxylation is 1. The van der Waals surface area contributed by atoms with Gasteiger partial charge in [0, 0.05) is 0 Å². The Balaban J connectivity index is 2.81. The van der Waals surface area contributed by atoms with Gasteiger partial charge in [-0.05, 0) is 39.7 Å². The second-order valence-corrected chi connectivity index (χ2v) is 7.45. The Morgan fingerprint density at radius 2 is 2.04 bits per heavy atom. The maximum Gasteiger partial charge on any atom is 0.407 e. The molecule has 0 fully saturated rings. The molecule has 4 nitrogen and oxygen atoms in total. The molecular weight excluding hydrogens is 310 g/mol. The molecule has 3 atom stereocenters. The highest BCUT2D eigenvalue weighted by atomic mass is 32.1. The first-order valence-corrected chi connectivity index (χ1v) is 8.58. The van der Waals surface area contributed by atoms with Gasteiger partial charge in [-0.25, -0.2) is 4.79 Å². The quantitative estimate of drug-likeness (QED) is 0.686. The molecule has 1 amide bonds. The number of aliphatic hydroxyl groups excluding tert-OH is 1. The minimum atomic E-state index is -0.799. The van der Waals surface area contributed by atoms with Crippen molar-refractivity contribution in [1.29, 1.82) is 0 Å². The lowest BCUT2D eigenvalue weighted by atomic mass is 9.97. The largest absolute Gasteiger partial charge is 0.444 e. The average molecular weight is 340 g/mol. The van der Waals surface area contributed by atoms with Crippen molar-refractivity contribution < 1.29 is 14.6 Å². The Hall–Kier alpha value is -1.20. The molecule has 0 heterocycles.